The number of rotatable bonds is 3. The molecule has 0 spiro atoms. The molecule has 0 bridgehead atoms. The zero-order valence-electron chi connectivity index (χ0n) is 9.88. The van der Waals surface area contributed by atoms with Gasteiger partial charge in [-0.2, -0.15) is 0 Å². The average molecular weight is 271 g/mol. The van der Waals surface area contributed by atoms with Crippen molar-refractivity contribution in [1.29, 1.82) is 0 Å². The highest BCUT2D eigenvalue weighted by Gasteiger charge is 2.23. The quantitative estimate of drug-likeness (QED) is 0.562. The molecule has 0 amide bonds. The molecule has 0 aliphatic heterocycles. The topological polar surface area (TPSA) is 17.1 Å². The first kappa shape index (κ1) is 12.7. The van der Waals surface area contributed by atoms with Crippen molar-refractivity contribution in [3.63, 3.8) is 0 Å². The van der Waals surface area contributed by atoms with Gasteiger partial charge in [0.2, 0.25) is 0 Å². The third-order valence-corrected chi connectivity index (χ3v) is 3.46. The van der Waals surface area contributed by atoms with Crippen LogP contribution in [0.5, 0.6) is 0 Å². The normalized spacial score (nSPS) is 22.3. The summed E-state index contributed by atoms with van der Waals surface area (Å²) >= 11 is 3.64. The SMILES string of the molecule is CC(C)C1=CC(Br)CC(C(C)C)=C1C=O. The van der Waals surface area contributed by atoms with Crippen molar-refractivity contribution >= 4 is 22.2 Å². The van der Waals surface area contributed by atoms with E-state index in [4.69, 9.17) is 0 Å². The summed E-state index contributed by atoms with van der Waals surface area (Å²) in [5.41, 5.74) is 3.43. The molecule has 2 heteroatoms. The Balaban J connectivity index is 3.19. The predicted molar refractivity (Wildman–Crippen MR) is 68.2 cm³/mol. The molecule has 84 valence electrons. The lowest BCUT2D eigenvalue weighted by Crippen LogP contribution is -2.16. The number of carbonyl (C=O) groups is 1. The van der Waals surface area contributed by atoms with Crippen LogP contribution < -0.4 is 0 Å². The van der Waals surface area contributed by atoms with Gasteiger partial charge >= 0.3 is 0 Å². The molecule has 1 atom stereocenters. The molecule has 1 aliphatic rings. The van der Waals surface area contributed by atoms with Gasteiger partial charge in [-0.25, -0.2) is 0 Å². The highest BCUT2D eigenvalue weighted by Crippen LogP contribution is 2.35. The van der Waals surface area contributed by atoms with Crippen molar-refractivity contribution in [2.24, 2.45) is 11.8 Å². The van der Waals surface area contributed by atoms with Crippen molar-refractivity contribution in [3.05, 3.63) is 22.8 Å². The lowest BCUT2D eigenvalue weighted by atomic mass is 9.81. The van der Waals surface area contributed by atoms with E-state index in [-0.39, 0.29) is 0 Å². The molecule has 1 aliphatic carbocycles. The number of hydrogen-bond donors (Lipinski definition) is 0. The van der Waals surface area contributed by atoms with E-state index in [0.29, 0.717) is 16.7 Å². The second kappa shape index (κ2) is 5.11. The van der Waals surface area contributed by atoms with Crippen LogP contribution in [0.3, 0.4) is 0 Å². The van der Waals surface area contributed by atoms with Crippen LogP contribution in [0.25, 0.3) is 0 Å². The van der Waals surface area contributed by atoms with E-state index in [0.717, 1.165) is 18.3 Å². The summed E-state index contributed by atoms with van der Waals surface area (Å²) in [6.45, 7) is 8.58. The van der Waals surface area contributed by atoms with Gasteiger partial charge in [-0.05, 0) is 23.8 Å². The highest BCUT2D eigenvalue weighted by molar-refractivity contribution is 9.09. The molecule has 0 fully saturated rings. The van der Waals surface area contributed by atoms with Gasteiger partial charge in [0.15, 0.2) is 0 Å². The van der Waals surface area contributed by atoms with E-state index >= 15 is 0 Å². The third kappa shape index (κ3) is 2.81. The van der Waals surface area contributed by atoms with Crippen molar-refractivity contribution in [2.75, 3.05) is 0 Å². The maximum Gasteiger partial charge on any atom is 0.150 e. The van der Waals surface area contributed by atoms with Gasteiger partial charge in [-0.15, -0.1) is 0 Å². The van der Waals surface area contributed by atoms with Crippen molar-refractivity contribution in [1.82, 2.24) is 0 Å². The molecule has 0 N–H and O–H groups in total. The van der Waals surface area contributed by atoms with Gasteiger partial charge in [0, 0.05) is 10.4 Å². The molecule has 0 radical (unpaired) electrons. The Morgan fingerprint density at radius 2 is 1.93 bits per heavy atom. The molecular weight excluding hydrogens is 252 g/mol. The zero-order valence-corrected chi connectivity index (χ0v) is 11.5. The van der Waals surface area contributed by atoms with E-state index in [2.05, 4.69) is 49.7 Å². The number of alkyl halides is 1. The monoisotopic (exact) mass is 270 g/mol. The second-order valence-electron chi connectivity index (χ2n) is 4.71. The minimum Gasteiger partial charge on any atom is -0.298 e. The van der Waals surface area contributed by atoms with Crippen molar-refractivity contribution in [2.45, 2.75) is 38.9 Å². The number of halogens is 1. The summed E-state index contributed by atoms with van der Waals surface area (Å²) in [4.78, 5) is 11.6. The molecule has 1 rings (SSSR count). The van der Waals surface area contributed by atoms with Crippen LogP contribution in [-0.4, -0.2) is 11.1 Å². The number of hydrogen-bond acceptors (Lipinski definition) is 1. The van der Waals surface area contributed by atoms with E-state index < -0.39 is 0 Å². The van der Waals surface area contributed by atoms with Crippen LogP contribution in [0.1, 0.15) is 34.1 Å². The molecular formula is C13H19BrO. The van der Waals surface area contributed by atoms with Crippen molar-refractivity contribution < 1.29 is 4.79 Å². The first-order valence-corrected chi connectivity index (χ1v) is 6.43. The largest absolute Gasteiger partial charge is 0.298 e. The minimum absolute atomic E-state index is 0.385. The minimum atomic E-state index is 0.385. The van der Waals surface area contributed by atoms with Gasteiger partial charge in [-0.3, -0.25) is 4.79 Å². The molecule has 1 nitrogen and oxygen atoms in total. The maximum absolute atomic E-state index is 11.2. The van der Waals surface area contributed by atoms with Crippen LogP contribution in [-0.2, 0) is 4.79 Å². The summed E-state index contributed by atoms with van der Waals surface area (Å²) in [7, 11) is 0. The van der Waals surface area contributed by atoms with Gasteiger partial charge < -0.3 is 0 Å². The molecule has 0 aromatic heterocycles. The van der Waals surface area contributed by atoms with Crippen molar-refractivity contribution in [3.8, 4) is 0 Å². The molecule has 0 heterocycles. The summed E-state index contributed by atoms with van der Waals surface area (Å²) < 4.78 is 0. The predicted octanol–water partition coefficient (Wildman–Crippen LogP) is 3.89. The highest BCUT2D eigenvalue weighted by atomic mass is 79.9. The van der Waals surface area contributed by atoms with Gasteiger partial charge in [0.1, 0.15) is 6.29 Å². The van der Waals surface area contributed by atoms with Gasteiger partial charge in [0.25, 0.3) is 0 Å². The van der Waals surface area contributed by atoms with E-state index in [1.807, 2.05) is 0 Å². The molecule has 1 unspecified atom stereocenters. The summed E-state index contributed by atoms with van der Waals surface area (Å²) in [5.74, 6) is 0.868. The Bertz CT molecular complexity index is 310. The van der Waals surface area contributed by atoms with E-state index in [1.54, 1.807) is 0 Å². The van der Waals surface area contributed by atoms with Gasteiger partial charge in [0.05, 0.1) is 0 Å². The third-order valence-electron chi connectivity index (χ3n) is 2.87. The van der Waals surface area contributed by atoms with Gasteiger partial charge in [-0.1, -0.05) is 55.3 Å². The maximum atomic E-state index is 11.2. The first-order valence-electron chi connectivity index (χ1n) is 5.51. The Morgan fingerprint density at radius 3 is 2.33 bits per heavy atom. The average Bonchev–Trinajstić information content (AvgIpc) is 2.16. The Hall–Kier alpha value is -0.370. The fraction of sp³-hybridized carbons (Fsp3) is 0.615. The Labute approximate surface area is 101 Å². The first-order chi connectivity index (χ1) is 6.97. The Kier molecular flexibility index (Phi) is 4.32. The molecule has 0 aromatic rings. The fourth-order valence-corrected chi connectivity index (χ4v) is 2.68. The molecule has 0 aromatic carbocycles. The Morgan fingerprint density at radius 1 is 1.33 bits per heavy atom. The standard InChI is InChI=1S/C13H19BrO/c1-8(2)11-5-10(14)6-12(9(3)4)13(11)7-15/h5,7-10H,6H2,1-4H3. The number of allylic oxidation sites excluding steroid dienone is 4. The summed E-state index contributed by atoms with van der Waals surface area (Å²) in [5, 5.41) is 0. The molecule has 0 saturated carbocycles. The van der Waals surface area contributed by atoms with Crippen LogP contribution in [0, 0.1) is 11.8 Å². The molecule has 15 heavy (non-hydrogen) atoms. The van der Waals surface area contributed by atoms with Crippen LogP contribution in [0.4, 0.5) is 0 Å². The zero-order chi connectivity index (χ0) is 11.6. The number of carbonyl (C=O) groups excluding carboxylic acids is 1. The van der Waals surface area contributed by atoms with Crippen LogP contribution in [0.2, 0.25) is 0 Å². The summed E-state index contributed by atoms with van der Waals surface area (Å²) in [6.07, 6.45) is 4.17. The fourth-order valence-electron chi connectivity index (χ4n) is 2.04. The number of aldehydes is 1. The van der Waals surface area contributed by atoms with Crippen LogP contribution in [0.15, 0.2) is 22.8 Å². The van der Waals surface area contributed by atoms with Crippen LogP contribution >= 0.6 is 15.9 Å². The smallest absolute Gasteiger partial charge is 0.150 e. The summed E-state index contributed by atoms with van der Waals surface area (Å²) in [6, 6.07) is 0. The lowest BCUT2D eigenvalue weighted by Gasteiger charge is -2.26. The van der Waals surface area contributed by atoms with E-state index in [9.17, 15) is 4.79 Å². The lowest BCUT2D eigenvalue weighted by molar-refractivity contribution is -0.104. The molecule has 0 saturated heterocycles. The second-order valence-corrected chi connectivity index (χ2v) is 5.88. The van der Waals surface area contributed by atoms with E-state index in [1.165, 1.54) is 11.1 Å².